The summed E-state index contributed by atoms with van der Waals surface area (Å²) in [4.78, 5) is 25.9. The summed E-state index contributed by atoms with van der Waals surface area (Å²) in [6.45, 7) is 2.53. The van der Waals surface area contributed by atoms with E-state index < -0.39 is 24.5 Å². The number of cyclic esters (lactones) is 1. The Kier molecular flexibility index (Phi) is 4.84. The van der Waals surface area contributed by atoms with Crippen molar-refractivity contribution < 1.29 is 28.2 Å². The average Bonchev–Trinajstić information content (AvgIpc) is 2.94. The third-order valence-electron chi connectivity index (χ3n) is 3.89. The summed E-state index contributed by atoms with van der Waals surface area (Å²) in [6, 6.07) is 7.05. The van der Waals surface area contributed by atoms with Crippen molar-refractivity contribution in [2.24, 2.45) is 0 Å². The predicted molar refractivity (Wildman–Crippen MR) is 83.8 cm³/mol. The molecule has 2 atom stereocenters. The molecule has 130 valence electrons. The van der Waals surface area contributed by atoms with Gasteiger partial charge in [-0.1, -0.05) is 6.07 Å². The lowest BCUT2D eigenvalue weighted by atomic mass is 10.2. The van der Waals surface area contributed by atoms with Crippen molar-refractivity contribution in [1.29, 1.82) is 0 Å². The van der Waals surface area contributed by atoms with Crippen molar-refractivity contribution in [3.8, 4) is 0 Å². The van der Waals surface area contributed by atoms with Gasteiger partial charge in [-0.2, -0.15) is 0 Å². The Labute approximate surface area is 138 Å². The van der Waals surface area contributed by atoms with Gasteiger partial charge in [-0.05, 0) is 18.2 Å². The summed E-state index contributed by atoms with van der Waals surface area (Å²) in [5.41, 5.74) is 1.29. The lowest BCUT2D eigenvalue weighted by Crippen LogP contribution is -2.43. The number of anilines is 2. The van der Waals surface area contributed by atoms with Gasteiger partial charge in [0, 0.05) is 24.8 Å². The summed E-state index contributed by atoms with van der Waals surface area (Å²) in [6.07, 6.45) is -2.23. The number of hydrogen-bond donors (Lipinski definition) is 0. The molecule has 0 radical (unpaired) electrons. The van der Waals surface area contributed by atoms with Gasteiger partial charge in [0.25, 0.3) is 0 Å². The van der Waals surface area contributed by atoms with Crippen LogP contribution in [0.3, 0.4) is 0 Å². The Morgan fingerprint density at radius 2 is 2.21 bits per heavy atom. The Hall–Kier alpha value is -2.35. The van der Waals surface area contributed by atoms with Crippen molar-refractivity contribution in [2.75, 3.05) is 42.7 Å². The predicted octanol–water partition coefficient (Wildman–Crippen LogP) is 1.71. The van der Waals surface area contributed by atoms with E-state index in [9.17, 15) is 14.0 Å². The topological polar surface area (TPSA) is 68.3 Å². The van der Waals surface area contributed by atoms with E-state index in [0.29, 0.717) is 24.5 Å². The molecule has 8 heteroatoms. The molecule has 3 rings (SSSR count). The van der Waals surface area contributed by atoms with E-state index >= 15 is 0 Å². The number of ether oxygens (including phenoxy) is 3. The van der Waals surface area contributed by atoms with Crippen LogP contribution in [-0.4, -0.2) is 57.4 Å². The van der Waals surface area contributed by atoms with E-state index in [2.05, 4.69) is 0 Å². The van der Waals surface area contributed by atoms with Gasteiger partial charge in [-0.3, -0.25) is 9.69 Å². The zero-order valence-electron chi connectivity index (χ0n) is 13.3. The Bertz CT molecular complexity index is 626. The summed E-state index contributed by atoms with van der Waals surface area (Å²) in [5, 5.41) is 0. The van der Waals surface area contributed by atoms with Gasteiger partial charge in [0.2, 0.25) is 0 Å². The minimum Gasteiger partial charge on any atom is -0.462 e. The second kappa shape index (κ2) is 7.04. The average molecular weight is 338 g/mol. The number of esters is 1. The van der Waals surface area contributed by atoms with E-state index in [1.165, 1.54) is 11.8 Å². The standard InChI is InChI=1S/C16H19FN2O5/c1-11(20)23-9-14-8-19(16(21)24-14)13-4-2-3-12(7-13)18-5-6-22-10-15(18)17/h2-4,7,14-15H,5-6,8-10H2,1H3/t14-,15+/m1/s1. The molecule has 2 saturated heterocycles. The number of benzene rings is 1. The lowest BCUT2D eigenvalue weighted by molar-refractivity contribution is -0.143. The first-order valence-electron chi connectivity index (χ1n) is 7.74. The lowest BCUT2D eigenvalue weighted by Gasteiger charge is -2.32. The number of halogens is 1. The third kappa shape index (κ3) is 3.59. The number of carbonyl (C=O) groups excluding carboxylic acids is 2. The Morgan fingerprint density at radius 1 is 1.42 bits per heavy atom. The molecule has 0 unspecified atom stereocenters. The van der Waals surface area contributed by atoms with Crippen LogP contribution in [0.25, 0.3) is 0 Å². The quantitative estimate of drug-likeness (QED) is 0.615. The SMILES string of the molecule is CC(=O)OC[C@H]1CN(c2cccc(N3CCOC[C@H]3F)c2)C(=O)O1. The second-order valence-corrected chi connectivity index (χ2v) is 5.64. The number of carbonyl (C=O) groups is 2. The highest BCUT2D eigenvalue weighted by molar-refractivity contribution is 5.90. The molecular weight excluding hydrogens is 319 g/mol. The van der Waals surface area contributed by atoms with Crippen LogP contribution < -0.4 is 9.80 Å². The van der Waals surface area contributed by atoms with Crippen LogP contribution in [0.15, 0.2) is 24.3 Å². The first-order valence-corrected chi connectivity index (χ1v) is 7.74. The van der Waals surface area contributed by atoms with Crippen LogP contribution in [0.2, 0.25) is 0 Å². The van der Waals surface area contributed by atoms with Crippen molar-refractivity contribution in [2.45, 2.75) is 19.3 Å². The summed E-state index contributed by atoms with van der Waals surface area (Å²) in [5.74, 6) is -0.423. The first kappa shape index (κ1) is 16.5. The number of amides is 1. The van der Waals surface area contributed by atoms with Gasteiger partial charge >= 0.3 is 12.1 Å². The second-order valence-electron chi connectivity index (χ2n) is 5.64. The molecule has 7 nitrogen and oxygen atoms in total. The molecule has 0 aromatic heterocycles. The molecule has 2 fully saturated rings. The number of morpholine rings is 1. The van der Waals surface area contributed by atoms with Gasteiger partial charge in [-0.15, -0.1) is 0 Å². The molecule has 1 aromatic rings. The molecule has 0 N–H and O–H groups in total. The number of hydrogen-bond acceptors (Lipinski definition) is 6. The molecule has 0 aliphatic carbocycles. The smallest absolute Gasteiger partial charge is 0.414 e. The summed E-state index contributed by atoms with van der Waals surface area (Å²) >= 11 is 0. The Balaban J connectivity index is 1.71. The van der Waals surface area contributed by atoms with Crippen molar-refractivity contribution >= 4 is 23.4 Å². The third-order valence-corrected chi connectivity index (χ3v) is 3.89. The highest BCUT2D eigenvalue weighted by atomic mass is 19.1. The molecule has 1 amide bonds. The van der Waals surface area contributed by atoms with Crippen LogP contribution in [0.4, 0.5) is 20.6 Å². The van der Waals surface area contributed by atoms with Gasteiger partial charge in [0.15, 0.2) is 12.4 Å². The summed E-state index contributed by atoms with van der Waals surface area (Å²) < 4.78 is 29.2. The highest BCUT2D eigenvalue weighted by Gasteiger charge is 2.33. The van der Waals surface area contributed by atoms with E-state index in [0.717, 1.165) is 0 Å². The summed E-state index contributed by atoms with van der Waals surface area (Å²) in [7, 11) is 0. The monoisotopic (exact) mass is 338 g/mol. The van der Waals surface area contributed by atoms with E-state index in [1.54, 1.807) is 29.2 Å². The van der Waals surface area contributed by atoms with Crippen LogP contribution in [0, 0.1) is 0 Å². The molecule has 0 spiro atoms. The van der Waals surface area contributed by atoms with Crippen molar-refractivity contribution in [3.63, 3.8) is 0 Å². The molecular formula is C16H19FN2O5. The van der Waals surface area contributed by atoms with Crippen LogP contribution >= 0.6 is 0 Å². The maximum absolute atomic E-state index is 14.0. The van der Waals surface area contributed by atoms with Crippen LogP contribution in [-0.2, 0) is 19.0 Å². The minimum atomic E-state index is -1.21. The van der Waals surface area contributed by atoms with Gasteiger partial charge in [-0.25, -0.2) is 9.18 Å². The highest BCUT2D eigenvalue weighted by Crippen LogP contribution is 2.28. The molecule has 2 aliphatic heterocycles. The number of nitrogens with zero attached hydrogens (tertiary/aromatic N) is 2. The molecule has 2 aliphatic rings. The molecule has 0 bridgehead atoms. The van der Waals surface area contributed by atoms with E-state index in [1.807, 2.05) is 0 Å². The maximum atomic E-state index is 14.0. The van der Waals surface area contributed by atoms with Crippen LogP contribution in [0.5, 0.6) is 0 Å². The number of rotatable bonds is 4. The minimum absolute atomic E-state index is 0.0211. The van der Waals surface area contributed by atoms with Crippen molar-refractivity contribution in [3.05, 3.63) is 24.3 Å². The molecule has 0 saturated carbocycles. The normalized spacial score (nSPS) is 24.0. The van der Waals surface area contributed by atoms with Crippen LogP contribution in [0.1, 0.15) is 6.92 Å². The first-order chi connectivity index (χ1) is 11.5. The zero-order valence-corrected chi connectivity index (χ0v) is 13.3. The fourth-order valence-electron chi connectivity index (χ4n) is 2.73. The molecule has 24 heavy (non-hydrogen) atoms. The zero-order chi connectivity index (χ0) is 17.1. The fourth-order valence-corrected chi connectivity index (χ4v) is 2.73. The van der Waals surface area contributed by atoms with Crippen molar-refractivity contribution in [1.82, 2.24) is 0 Å². The Morgan fingerprint density at radius 3 is 2.96 bits per heavy atom. The van der Waals surface area contributed by atoms with Gasteiger partial charge in [0.05, 0.1) is 19.8 Å². The van der Waals surface area contributed by atoms with E-state index in [-0.39, 0.29) is 19.8 Å². The fraction of sp³-hybridized carbons (Fsp3) is 0.500. The maximum Gasteiger partial charge on any atom is 0.414 e. The van der Waals surface area contributed by atoms with Gasteiger partial charge in [0.1, 0.15) is 6.61 Å². The number of alkyl halides is 1. The van der Waals surface area contributed by atoms with Gasteiger partial charge < -0.3 is 19.1 Å². The largest absolute Gasteiger partial charge is 0.462 e. The van der Waals surface area contributed by atoms with E-state index in [4.69, 9.17) is 14.2 Å². The molecule has 2 heterocycles. The molecule has 1 aromatic carbocycles.